The molecule has 2 rings (SSSR count). The Labute approximate surface area is 107 Å². The molecule has 2 aliphatic rings. The smallest absolute Gasteiger partial charge is 0.0207 e. The summed E-state index contributed by atoms with van der Waals surface area (Å²) in [6.45, 7) is 8.45. The fraction of sp³-hybridized carbons (Fsp3) is 1.00. The van der Waals surface area contributed by atoms with Gasteiger partial charge in [-0.05, 0) is 51.0 Å². The lowest BCUT2D eigenvalue weighted by Crippen LogP contribution is -2.39. The van der Waals surface area contributed by atoms with Crippen molar-refractivity contribution in [2.24, 2.45) is 5.92 Å². The molecule has 1 unspecified atom stereocenters. The maximum atomic E-state index is 3.68. The third-order valence-electron chi connectivity index (χ3n) is 4.81. The van der Waals surface area contributed by atoms with Crippen molar-refractivity contribution < 1.29 is 0 Å². The molecular formula is C15H30N2. The fourth-order valence-corrected chi connectivity index (χ4v) is 3.55. The van der Waals surface area contributed by atoms with Crippen molar-refractivity contribution in [3.8, 4) is 0 Å². The van der Waals surface area contributed by atoms with E-state index in [2.05, 4.69) is 24.1 Å². The van der Waals surface area contributed by atoms with Crippen LogP contribution in [0.15, 0.2) is 0 Å². The van der Waals surface area contributed by atoms with Gasteiger partial charge < -0.3 is 5.32 Å². The van der Waals surface area contributed by atoms with Gasteiger partial charge in [0.2, 0.25) is 0 Å². The summed E-state index contributed by atoms with van der Waals surface area (Å²) in [5.74, 6) is 1.03. The first-order valence-electron chi connectivity index (χ1n) is 7.80. The first-order chi connectivity index (χ1) is 8.33. The van der Waals surface area contributed by atoms with Gasteiger partial charge in [-0.2, -0.15) is 0 Å². The van der Waals surface area contributed by atoms with Gasteiger partial charge in [-0.15, -0.1) is 0 Å². The van der Waals surface area contributed by atoms with Crippen LogP contribution in [0.4, 0.5) is 0 Å². The molecule has 0 amide bonds. The number of likely N-dealkylation sites (tertiary alicyclic amines) is 1. The van der Waals surface area contributed by atoms with Crippen LogP contribution < -0.4 is 5.32 Å². The van der Waals surface area contributed by atoms with E-state index in [9.17, 15) is 0 Å². The van der Waals surface area contributed by atoms with E-state index in [0.29, 0.717) is 0 Å². The van der Waals surface area contributed by atoms with Crippen molar-refractivity contribution in [1.29, 1.82) is 0 Å². The number of hydrogen-bond acceptors (Lipinski definition) is 2. The summed E-state index contributed by atoms with van der Waals surface area (Å²) in [7, 11) is 0. The highest BCUT2D eigenvalue weighted by Crippen LogP contribution is 2.30. The second kappa shape index (κ2) is 6.75. The summed E-state index contributed by atoms with van der Waals surface area (Å²) in [6.07, 6.45) is 9.90. The molecule has 0 aromatic carbocycles. The van der Waals surface area contributed by atoms with E-state index in [-0.39, 0.29) is 0 Å². The Kier molecular flexibility index (Phi) is 5.30. The van der Waals surface area contributed by atoms with Crippen molar-refractivity contribution in [2.45, 2.75) is 70.9 Å². The van der Waals surface area contributed by atoms with Gasteiger partial charge in [-0.1, -0.05) is 20.3 Å². The lowest BCUT2D eigenvalue weighted by molar-refractivity contribution is 0.160. The van der Waals surface area contributed by atoms with E-state index in [1.165, 1.54) is 64.6 Å². The maximum absolute atomic E-state index is 3.68. The molecule has 0 radical (unpaired) electrons. The van der Waals surface area contributed by atoms with E-state index in [0.717, 1.165) is 18.0 Å². The molecule has 2 fully saturated rings. The molecule has 100 valence electrons. The SMILES string of the molecule is CCCNC1CCN(C2CCC(CC)CC2)C1. The average Bonchev–Trinajstić information content (AvgIpc) is 2.85. The molecule has 1 saturated carbocycles. The minimum Gasteiger partial charge on any atom is -0.313 e. The molecule has 1 aliphatic carbocycles. The molecular weight excluding hydrogens is 208 g/mol. The molecule has 2 heteroatoms. The van der Waals surface area contributed by atoms with Crippen molar-refractivity contribution in [3.05, 3.63) is 0 Å². The topological polar surface area (TPSA) is 15.3 Å². The predicted molar refractivity (Wildman–Crippen MR) is 74.3 cm³/mol. The Morgan fingerprint density at radius 1 is 1.06 bits per heavy atom. The number of nitrogens with one attached hydrogen (secondary N) is 1. The van der Waals surface area contributed by atoms with Gasteiger partial charge in [-0.3, -0.25) is 4.90 Å². The van der Waals surface area contributed by atoms with Crippen molar-refractivity contribution in [3.63, 3.8) is 0 Å². The highest BCUT2D eigenvalue weighted by atomic mass is 15.2. The summed E-state index contributed by atoms with van der Waals surface area (Å²) >= 11 is 0. The molecule has 1 saturated heterocycles. The van der Waals surface area contributed by atoms with Crippen molar-refractivity contribution in [1.82, 2.24) is 10.2 Å². The second-order valence-electron chi connectivity index (χ2n) is 6.02. The molecule has 1 N–H and O–H groups in total. The second-order valence-corrected chi connectivity index (χ2v) is 6.02. The van der Waals surface area contributed by atoms with E-state index in [1.54, 1.807) is 0 Å². The predicted octanol–water partition coefficient (Wildman–Crippen LogP) is 3.03. The molecule has 1 aliphatic heterocycles. The molecule has 0 aromatic heterocycles. The number of hydrogen-bond donors (Lipinski definition) is 1. The summed E-state index contributed by atoms with van der Waals surface area (Å²) in [4.78, 5) is 2.76. The molecule has 2 nitrogen and oxygen atoms in total. The quantitative estimate of drug-likeness (QED) is 0.792. The molecule has 1 heterocycles. The van der Waals surface area contributed by atoms with Gasteiger partial charge in [0.25, 0.3) is 0 Å². The molecule has 0 aromatic rings. The Bertz CT molecular complexity index is 209. The third-order valence-corrected chi connectivity index (χ3v) is 4.81. The van der Waals surface area contributed by atoms with Crippen molar-refractivity contribution >= 4 is 0 Å². The van der Waals surface area contributed by atoms with Crippen LogP contribution in [0.1, 0.15) is 58.8 Å². The van der Waals surface area contributed by atoms with Crippen molar-refractivity contribution in [2.75, 3.05) is 19.6 Å². The monoisotopic (exact) mass is 238 g/mol. The zero-order valence-corrected chi connectivity index (χ0v) is 11.8. The molecule has 1 atom stereocenters. The Balaban J connectivity index is 1.70. The molecule has 0 bridgehead atoms. The lowest BCUT2D eigenvalue weighted by atomic mass is 9.84. The van der Waals surface area contributed by atoms with Crippen LogP contribution in [-0.2, 0) is 0 Å². The van der Waals surface area contributed by atoms with Crippen LogP contribution in [0.25, 0.3) is 0 Å². The lowest BCUT2D eigenvalue weighted by Gasteiger charge is -2.34. The van der Waals surface area contributed by atoms with Gasteiger partial charge in [0.15, 0.2) is 0 Å². The highest BCUT2D eigenvalue weighted by molar-refractivity contribution is 4.87. The third kappa shape index (κ3) is 3.69. The number of nitrogens with zero attached hydrogens (tertiary/aromatic N) is 1. The van der Waals surface area contributed by atoms with Crippen LogP contribution in [0, 0.1) is 5.92 Å². The standard InChI is InChI=1S/C15H30N2/c1-3-10-16-14-9-11-17(12-14)15-7-5-13(4-2)6-8-15/h13-16H,3-12H2,1-2H3. The van der Waals surface area contributed by atoms with Gasteiger partial charge in [0.05, 0.1) is 0 Å². The first kappa shape index (κ1) is 13.4. The van der Waals surface area contributed by atoms with Gasteiger partial charge in [0, 0.05) is 25.2 Å². The highest BCUT2D eigenvalue weighted by Gasteiger charge is 2.30. The fourth-order valence-electron chi connectivity index (χ4n) is 3.55. The van der Waals surface area contributed by atoms with E-state index < -0.39 is 0 Å². The average molecular weight is 238 g/mol. The van der Waals surface area contributed by atoms with Crippen LogP contribution in [-0.4, -0.2) is 36.6 Å². The number of rotatable bonds is 5. The largest absolute Gasteiger partial charge is 0.313 e. The Morgan fingerprint density at radius 2 is 1.82 bits per heavy atom. The van der Waals surface area contributed by atoms with Gasteiger partial charge in [-0.25, -0.2) is 0 Å². The van der Waals surface area contributed by atoms with E-state index >= 15 is 0 Å². The molecule has 17 heavy (non-hydrogen) atoms. The first-order valence-corrected chi connectivity index (χ1v) is 7.80. The zero-order chi connectivity index (χ0) is 12.1. The Morgan fingerprint density at radius 3 is 2.47 bits per heavy atom. The van der Waals surface area contributed by atoms with Gasteiger partial charge >= 0.3 is 0 Å². The maximum Gasteiger partial charge on any atom is 0.0207 e. The van der Waals surface area contributed by atoms with E-state index in [4.69, 9.17) is 0 Å². The summed E-state index contributed by atoms with van der Waals surface area (Å²) in [6, 6.07) is 1.69. The minimum absolute atomic E-state index is 0.777. The molecule has 0 spiro atoms. The van der Waals surface area contributed by atoms with Gasteiger partial charge in [0.1, 0.15) is 0 Å². The van der Waals surface area contributed by atoms with Crippen LogP contribution in [0.5, 0.6) is 0 Å². The van der Waals surface area contributed by atoms with Crippen LogP contribution >= 0.6 is 0 Å². The minimum atomic E-state index is 0.777. The summed E-state index contributed by atoms with van der Waals surface area (Å²) < 4.78 is 0. The Hall–Kier alpha value is -0.0800. The summed E-state index contributed by atoms with van der Waals surface area (Å²) in [5, 5.41) is 3.68. The zero-order valence-electron chi connectivity index (χ0n) is 11.8. The normalized spacial score (nSPS) is 35.3. The summed E-state index contributed by atoms with van der Waals surface area (Å²) in [5.41, 5.74) is 0. The van der Waals surface area contributed by atoms with E-state index in [1.807, 2.05) is 0 Å². The van der Waals surface area contributed by atoms with Crippen LogP contribution in [0.2, 0.25) is 0 Å². The van der Waals surface area contributed by atoms with Crippen LogP contribution in [0.3, 0.4) is 0 Å².